The number of rotatable bonds is 5. The molecule has 0 bridgehead atoms. The number of aromatic amines is 2. The van der Waals surface area contributed by atoms with E-state index in [9.17, 15) is 19.5 Å². The van der Waals surface area contributed by atoms with Crippen LogP contribution in [0.15, 0.2) is 50.4 Å². The number of nitrogens with one attached hydrogen (secondary N) is 2. The van der Waals surface area contributed by atoms with Crippen LogP contribution in [-0.4, -0.2) is 32.4 Å². The Balaban J connectivity index is 1.87. The minimum absolute atomic E-state index is 0.0385. The van der Waals surface area contributed by atoms with Crippen LogP contribution in [0.1, 0.15) is 19.9 Å². The molecule has 0 saturated heterocycles. The number of fused-ring (bicyclic) bond motifs is 4. The van der Waals surface area contributed by atoms with Crippen LogP contribution < -0.4 is 21.5 Å². The number of nitrogens with zero attached hydrogens (tertiary/aromatic N) is 1. The van der Waals surface area contributed by atoms with E-state index in [0.717, 1.165) is 0 Å². The second kappa shape index (κ2) is 7.30. The van der Waals surface area contributed by atoms with Crippen LogP contribution in [0.2, 0.25) is 0 Å². The third-order valence-electron chi connectivity index (χ3n) is 5.48. The van der Waals surface area contributed by atoms with Gasteiger partial charge in [0.2, 0.25) is 11.2 Å². The van der Waals surface area contributed by atoms with E-state index in [1.807, 2.05) is 13.8 Å². The Morgan fingerprint density at radius 3 is 2.55 bits per heavy atom. The number of nitrogens with two attached hydrogens (primary N) is 1. The minimum Gasteiger partial charge on any atom is -0.502 e. The average molecular weight is 448 g/mol. The normalized spacial score (nSPS) is 11.7. The quantitative estimate of drug-likeness (QED) is 0.324. The fraction of sp³-hybridized carbons (Fsp3) is 0.174. The van der Waals surface area contributed by atoms with Crippen molar-refractivity contribution in [1.82, 2.24) is 14.8 Å². The van der Waals surface area contributed by atoms with Crippen LogP contribution >= 0.6 is 0 Å². The van der Waals surface area contributed by atoms with Gasteiger partial charge in [0, 0.05) is 17.0 Å². The number of ether oxygens (including phenoxy) is 1. The van der Waals surface area contributed by atoms with E-state index in [1.54, 1.807) is 35.0 Å². The third kappa shape index (κ3) is 3.15. The van der Waals surface area contributed by atoms with Crippen molar-refractivity contribution in [3.8, 4) is 22.6 Å². The monoisotopic (exact) mass is 448 g/mol. The highest BCUT2D eigenvalue weighted by Crippen LogP contribution is 2.40. The zero-order valence-corrected chi connectivity index (χ0v) is 17.8. The Kier molecular flexibility index (Phi) is 4.52. The summed E-state index contributed by atoms with van der Waals surface area (Å²) in [4.78, 5) is 39.2. The van der Waals surface area contributed by atoms with Crippen molar-refractivity contribution in [2.45, 2.75) is 19.9 Å². The lowest BCUT2D eigenvalue weighted by atomic mass is 10.0. The van der Waals surface area contributed by atoms with Gasteiger partial charge in [-0.25, -0.2) is 0 Å². The first-order valence-electron chi connectivity index (χ1n) is 10.2. The number of amides is 1. The SMILES string of the molecule is CC(C)n1[nH]c(=O)c2c(-c3ccc(OCC(N)=O)cc3)c3oc4c(O)c(=O)ccc4c3[nH]c21. The summed E-state index contributed by atoms with van der Waals surface area (Å²) in [6.07, 6.45) is 0. The first-order valence-corrected chi connectivity index (χ1v) is 10.2. The minimum atomic E-state index is -0.595. The molecule has 168 valence electrons. The standard InChI is InChI=1S/C23H20N4O6/c1-10(2)27-22-17(23(31)26-27)16(11-3-5-12(6-4-11)32-9-15(24)29)21-18(25-22)13-7-8-14(28)19(30)20(13)33-21/h3-8,10,25,30H,9H2,1-2H3,(H2,24,29)(H,26,31). The maximum Gasteiger partial charge on any atom is 0.274 e. The molecule has 0 atom stereocenters. The van der Waals surface area contributed by atoms with Crippen LogP contribution in [0.3, 0.4) is 0 Å². The molecule has 0 spiro atoms. The summed E-state index contributed by atoms with van der Waals surface area (Å²) < 4.78 is 13.0. The summed E-state index contributed by atoms with van der Waals surface area (Å²) in [6, 6.07) is 9.53. The first kappa shape index (κ1) is 20.4. The van der Waals surface area contributed by atoms with E-state index in [1.165, 1.54) is 6.07 Å². The number of furan rings is 1. The molecule has 0 aliphatic carbocycles. The van der Waals surface area contributed by atoms with Gasteiger partial charge in [-0.2, -0.15) is 0 Å². The highest BCUT2D eigenvalue weighted by Gasteiger charge is 2.24. The number of phenols is 1. The number of hydrogen-bond acceptors (Lipinski definition) is 6. The van der Waals surface area contributed by atoms with E-state index >= 15 is 0 Å². The molecule has 33 heavy (non-hydrogen) atoms. The van der Waals surface area contributed by atoms with Crippen molar-refractivity contribution < 1.29 is 19.1 Å². The van der Waals surface area contributed by atoms with Gasteiger partial charge in [0.1, 0.15) is 11.4 Å². The Morgan fingerprint density at radius 1 is 1.15 bits per heavy atom. The van der Waals surface area contributed by atoms with Crippen LogP contribution in [-0.2, 0) is 4.79 Å². The summed E-state index contributed by atoms with van der Waals surface area (Å²) >= 11 is 0. The van der Waals surface area contributed by atoms with Gasteiger partial charge in [-0.05, 0) is 43.7 Å². The number of hydrogen-bond donors (Lipinski definition) is 4. The number of carbonyl (C=O) groups excluding carboxylic acids is 1. The van der Waals surface area contributed by atoms with E-state index in [-0.39, 0.29) is 23.8 Å². The Morgan fingerprint density at radius 2 is 1.88 bits per heavy atom. The Hall–Kier alpha value is -4.47. The zero-order valence-electron chi connectivity index (χ0n) is 17.8. The van der Waals surface area contributed by atoms with Crippen molar-refractivity contribution >= 4 is 39.0 Å². The molecule has 10 nitrogen and oxygen atoms in total. The van der Waals surface area contributed by atoms with Crippen LogP contribution in [0, 0.1) is 0 Å². The van der Waals surface area contributed by atoms with Crippen LogP contribution in [0.4, 0.5) is 0 Å². The highest BCUT2D eigenvalue weighted by molar-refractivity contribution is 6.15. The summed E-state index contributed by atoms with van der Waals surface area (Å²) in [5.74, 6) is -0.662. The largest absolute Gasteiger partial charge is 0.502 e. The molecule has 0 aliphatic rings. The van der Waals surface area contributed by atoms with E-state index in [0.29, 0.717) is 44.4 Å². The number of benzene rings is 2. The smallest absolute Gasteiger partial charge is 0.274 e. The number of aromatic nitrogens is 3. The summed E-state index contributed by atoms with van der Waals surface area (Å²) in [6.45, 7) is 3.60. The van der Waals surface area contributed by atoms with Crippen molar-refractivity contribution in [3.05, 3.63) is 57.0 Å². The molecule has 0 unspecified atom stereocenters. The zero-order chi connectivity index (χ0) is 23.4. The van der Waals surface area contributed by atoms with E-state index < -0.39 is 17.1 Å². The van der Waals surface area contributed by atoms with Gasteiger partial charge in [0.05, 0.1) is 10.9 Å². The molecule has 5 N–H and O–H groups in total. The van der Waals surface area contributed by atoms with Crippen molar-refractivity contribution in [2.24, 2.45) is 5.73 Å². The van der Waals surface area contributed by atoms with Crippen molar-refractivity contribution in [2.75, 3.05) is 6.61 Å². The number of aromatic hydroxyl groups is 1. The van der Waals surface area contributed by atoms with Crippen molar-refractivity contribution in [1.29, 1.82) is 0 Å². The maximum absolute atomic E-state index is 13.0. The molecule has 5 aromatic rings. The summed E-state index contributed by atoms with van der Waals surface area (Å²) in [7, 11) is 0. The molecule has 3 aromatic heterocycles. The molecule has 0 radical (unpaired) electrons. The lowest BCUT2D eigenvalue weighted by Crippen LogP contribution is -2.19. The van der Waals surface area contributed by atoms with Crippen LogP contribution in [0.25, 0.3) is 44.2 Å². The van der Waals surface area contributed by atoms with Gasteiger partial charge < -0.3 is 25.0 Å². The van der Waals surface area contributed by atoms with Gasteiger partial charge in [-0.3, -0.25) is 24.2 Å². The van der Waals surface area contributed by atoms with Gasteiger partial charge in [0.25, 0.3) is 11.5 Å². The lowest BCUT2D eigenvalue weighted by molar-refractivity contribution is -0.119. The topological polar surface area (TPSA) is 156 Å². The summed E-state index contributed by atoms with van der Waals surface area (Å²) in [5.41, 5.74) is 6.80. The van der Waals surface area contributed by atoms with Gasteiger partial charge >= 0.3 is 0 Å². The van der Waals surface area contributed by atoms with E-state index in [2.05, 4.69) is 10.1 Å². The highest BCUT2D eigenvalue weighted by atomic mass is 16.5. The molecule has 1 amide bonds. The van der Waals surface area contributed by atoms with Gasteiger partial charge in [-0.1, -0.05) is 12.1 Å². The number of pyridine rings is 1. The number of H-pyrrole nitrogens is 2. The fourth-order valence-electron chi connectivity index (χ4n) is 4.00. The lowest BCUT2D eigenvalue weighted by Gasteiger charge is -2.10. The molecule has 5 rings (SSSR count). The van der Waals surface area contributed by atoms with Gasteiger partial charge in [-0.15, -0.1) is 0 Å². The number of phenolic OH excluding ortho intramolecular Hbond substituents is 1. The molecule has 0 saturated carbocycles. The fourth-order valence-corrected chi connectivity index (χ4v) is 4.00. The molecule has 0 aliphatic heterocycles. The molecule has 10 heteroatoms. The molecular weight excluding hydrogens is 428 g/mol. The Bertz CT molecular complexity index is 1670. The average Bonchev–Trinajstić information content (AvgIpc) is 3.32. The molecule has 0 fully saturated rings. The number of primary amides is 1. The molecular formula is C23H20N4O6. The van der Waals surface area contributed by atoms with Crippen LogP contribution in [0.5, 0.6) is 11.5 Å². The second-order valence-corrected chi connectivity index (χ2v) is 8.00. The number of carbonyl (C=O) groups is 1. The molecule has 3 heterocycles. The first-order chi connectivity index (χ1) is 15.8. The predicted molar refractivity (Wildman–Crippen MR) is 123 cm³/mol. The van der Waals surface area contributed by atoms with Crippen molar-refractivity contribution in [3.63, 3.8) is 0 Å². The van der Waals surface area contributed by atoms with Gasteiger partial charge in [0.15, 0.2) is 17.8 Å². The summed E-state index contributed by atoms with van der Waals surface area (Å²) in [5, 5.41) is 14.0. The maximum atomic E-state index is 13.0. The molecule has 2 aromatic carbocycles. The second-order valence-electron chi connectivity index (χ2n) is 8.00. The third-order valence-corrected chi connectivity index (χ3v) is 5.48. The van der Waals surface area contributed by atoms with E-state index in [4.69, 9.17) is 14.9 Å². The predicted octanol–water partition coefficient (Wildman–Crippen LogP) is 2.73. The Labute approximate surface area is 185 Å².